The minimum atomic E-state index is 0.0219. The van der Waals surface area contributed by atoms with Crippen LogP contribution in [0.2, 0.25) is 0 Å². The van der Waals surface area contributed by atoms with Gasteiger partial charge in [-0.1, -0.05) is 115 Å². The van der Waals surface area contributed by atoms with Gasteiger partial charge in [-0.3, -0.25) is 0 Å². The fraction of sp³-hybridized carbons (Fsp3) is 0.115. The van der Waals surface area contributed by atoms with Gasteiger partial charge in [-0.05, 0) is 135 Å². The maximum absolute atomic E-state index is 4.09. The van der Waals surface area contributed by atoms with Gasteiger partial charge in [0, 0.05) is 95.9 Å². The number of hydrogen-bond donors (Lipinski definition) is 1. The number of rotatable bonds is 11. The van der Waals surface area contributed by atoms with E-state index in [4.69, 9.17) is 0 Å². The van der Waals surface area contributed by atoms with Gasteiger partial charge in [0.2, 0.25) is 0 Å². The number of fused-ring (bicyclic) bond motifs is 9. The Morgan fingerprint density at radius 1 is 0.470 bits per heavy atom. The molecule has 0 amide bonds. The van der Waals surface area contributed by atoms with Crippen LogP contribution in [0.5, 0.6) is 0 Å². The number of anilines is 4. The van der Waals surface area contributed by atoms with E-state index in [9.17, 15) is 0 Å². The van der Waals surface area contributed by atoms with Crippen molar-refractivity contribution in [1.29, 1.82) is 0 Å². The molecule has 0 aliphatic heterocycles. The van der Waals surface area contributed by atoms with Crippen molar-refractivity contribution < 1.29 is 0 Å². The number of benzene rings is 8. The van der Waals surface area contributed by atoms with Crippen LogP contribution in [0.15, 0.2) is 218 Å². The van der Waals surface area contributed by atoms with Gasteiger partial charge in [-0.25, -0.2) is 0 Å². The first-order valence-corrected chi connectivity index (χ1v) is 23.4. The van der Waals surface area contributed by atoms with Crippen LogP contribution >= 0.6 is 0 Å². The smallest absolute Gasteiger partial charge is 0.0551 e. The summed E-state index contributed by atoms with van der Waals surface area (Å²) in [7, 11) is 0. The van der Waals surface area contributed by atoms with Crippen LogP contribution in [-0.4, -0.2) is 13.7 Å². The summed E-state index contributed by atoms with van der Waals surface area (Å²) in [5.74, 6) is 0. The molecule has 0 saturated heterocycles. The Morgan fingerprint density at radius 3 is 1.70 bits per heavy atom. The molecule has 5 heteroatoms. The van der Waals surface area contributed by atoms with E-state index in [2.05, 4.69) is 250 Å². The lowest BCUT2D eigenvalue weighted by Gasteiger charge is -2.26. The van der Waals surface area contributed by atoms with Crippen molar-refractivity contribution in [3.8, 4) is 5.69 Å². The molecule has 0 saturated carbocycles. The zero-order valence-electron chi connectivity index (χ0n) is 37.4. The van der Waals surface area contributed by atoms with Crippen LogP contribution in [-0.2, 0) is 13.1 Å². The number of nitrogens with zero attached hydrogens (tertiary/aromatic N) is 4. The lowest BCUT2D eigenvalue weighted by Crippen LogP contribution is -2.12. The number of aryl methyl sites for hydroxylation is 2. The van der Waals surface area contributed by atoms with Crippen LogP contribution in [0.25, 0.3) is 71.1 Å². The Morgan fingerprint density at radius 2 is 1.02 bits per heavy atom. The molecule has 8 aromatic carbocycles. The van der Waals surface area contributed by atoms with E-state index in [1.807, 2.05) is 0 Å². The zero-order chi connectivity index (χ0) is 44.1. The van der Waals surface area contributed by atoms with Gasteiger partial charge in [0.1, 0.15) is 0 Å². The minimum absolute atomic E-state index is 0.0219. The van der Waals surface area contributed by atoms with Crippen LogP contribution in [0.3, 0.4) is 0 Å². The van der Waals surface area contributed by atoms with Gasteiger partial charge >= 0.3 is 0 Å². The molecular formula is C61H51N5. The molecule has 0 spiro atoms. The molecule has 1 N–H and O–H groups in total. The number of nitrogens with one attached hydrogen (secondary N) is 1. The predicted molar refractivity (Wildman–Crippen MR) is 281 cm³/mol. The van der Waals surface area contributed by atoms with Gasteiger partial charge < -0.3 is 23.9 Å². The third-order valence-corrected chi connectivity index (χ3v) is 13.8. The number of allylic oxidation sites excluding steroid dienone is 5. The van der Waals surface area contributed by atoms with E-state index in [0.717, 1.165) is 54.4 Å². The Balaban J connectivity index is 1.04. The third kappa shape index (κ3) is 6.70. The molecule has 1 atom stereocenters. The molecule has 1 aliphatic carbocycles. The standard InChI is InChI=1S/C61H51N5/c1-3-63-56-27-17-15-25-49(56)52-39-44(30-34-58(52)63)62-55(37-42-19-9-5-6-10-20-42)43-29-33-60-51(38-43)54-41-48(32-36-61(54)66(60)46-23-13-8-14-24-46)65(45-21-11-7-12-22-45)47-31-35-59-53(40-47)50-26-16-18-28-57(50)64(59)4-2/h5-19,21-36,38-41,55,62H,3-4,20,37H2,1-2H3. The van der Waals surface area contributed by atoms with Crippen molar-refractivity contribution in [2.75, 3.05) is 10.2 Å². The summed E-state index contributed by atoms with van der Waals surface area (Å²) >= 11 is 0. The maximum atomic E-state index is 4.09. The Hall–Kier alpha value is -8.02. The lowest BCUT2D eigenvalue weighted by atomic mass is 9.95. The molecule has 12 rings (SSSR count). The van der Waals surface area contributed by atoms with Gasteiger partial charge in [-0.2, -0.15) is 0 Å². The average molecular weight is 854 g/mol. The van der Waals surface area contributed by atoms with Crippen LogP contribution in [0, 0.1) is 0 Å². The number of aromatic nitrogens is 3. The largest absolute Gasteiger partial charge is 0.378 e. The lowest BCUT2D eigenvalue weighted by molar-refractivity contribution is 0.756. The summed E-state index contributed by atoms with van der Waals surface area (Å²) < 4.78 is 7.28. The Bertz CT molecular complexity index is 3710. The summed E-state index contributed by atoms with van der Waals surface area (Å²) in [6, 6.07) is 67.3. The zero-order valence-corrected chi connectivity index (χ0v) is 37.4. The molecule has 3 aromatic heterocycles. The summed E-state index contributed by atoms with van der Waals surface area (Å²) in [4.78, 5) is 2.42. The monoisotopic (exact) mass is 853 g/mol. The van der Waals surface area contributed by atoms with E-state index in [1.54, 1.807) is 0 Å². The van der Waals surface area contributed by atoms with Gasteiger partial charge in [0.25, 0.3) is 0 Å². The Kier molecular flexibility index (Phi) is 9.90. The van der Waals surface area contributed by atoms with Crippen molar-refractivity contribution in [3.05, 3.63) is 224 Å². The quantitative estimate of drug-likeness (QED) is 0.140. The summed E-state index contributed by atoms with van der Waals surface area (Å²) in [5.41, 5.74) is 15.7. The average Bonchev–Trinajstić information content (AvgIpc) is 3.89. The van der Waals surface area contributed by atoms with Crippen LogP contribution in [0.1, 0.15) is 38.3 Å². The fourth-order valence-electron chi connectivity index (χ4n) is 10.8. The van der Waals surface area contributed by atoms with Gasteiger partial charge in [0.05, 0.1) is 17.1 Å². The SMILES string of the molecule is CCn1c2ccccc2c2cc(NC(CC3=CC=CC=CC3)c3ccc4c(c3)c3cc(N(c5ccccc5)c5ccc6c(c5)c5ccccc5n6CC)ccc3n4-c3ccccc3)ccc21. The predicted octanol–water partition coefficient (Wildman–Crippen LogP) is 16.5. The van der Waals surface area contributed by atoms with E-state index in [-0.39, 0.29) is 6.04 Å². The highest BCUT2D eigenvalue weighted by Crippen LogP contribution is 2.43. The highest BCUT2D eigenvalue weighted by molar-refractivity contribution is 6.13. The van der Waals surface area contributed by atoms with Crippen molar-refractivity contribution in [3.63, 3.8) is 0 Å². The molecule has 0 fully saturated rings. The first-order valence-electron chi connectivity index (χ1n) is 23.4. The van der Waals surface area contributed by atoms with Gasteiger partial charge in [-0.15, -0.1) is 0 Å². The maximum Gasteiger partial charge on any atom is 0.0551 e. The molecule has 1 unspecified atom stereocenters. The third-order valence-electron chi connectivity index (χ3n) is 13.8. The second-order valence-corrected chi connectivity index (χ2v) is 17.5. The minimum Gasteiger partial charge on any atom is -0.378 e. The first kappa shape index (κ1) is 39.6. The number of hydrogen-bond acceptors (Lipinski definition) is 2. The summed E-state index contributed by atoms with van der Waals surface area (Å²) in [6.45, 7) is 6.31. The van der Waals surface area contributed by atoms with Crippen molar-refractivity contribution in [1.82, 2.24) is 13.7 Å². The second-order valence-electron chi connectivity index (χ2n) is 17.5. The second kappa shape index (κ2) is 16.5. The number of para-hydroxylation sites is 4. The normalized spacial score (nSPS) is 13.3. The van der Waals surface area contributed by atoms with Gasteiger partial charge in [0.15, 0.2) is 0 Å². The highest BCUT2D eigenvalue weighted by Gasteiger charge is 2.22. The van der Waals surface area contributed by atoms with E-state index in [1.165, 1.54) is 76.6 Å². The van der Waals surface area contributed by atoms with Crippen molar-refractivity contribution in [2.45, 2.75) is 45.8 Å². The van der Waals surface area contributed by atoms with Crippen LogP contribution < -0.4 is 10.2 Å². The highest BCUT2D eigenvalue weighted by atomic mass is 15.1. The van der Waals surface area contributed by atoms with E-state index in [0.29, 0.717) is 0 Å². The summed E-state index contributed by atoms with van der Waals surface area (Å²) in [6.07, 6.45) is 12.8. The van der Waals surface area contributed by atoms with E-state index >= 15 is 0 Å². The molecule has 5 nitrogen and oxygen atoms in total. The first-order chi connectivity index (χ1) is 32.6. The topological polar surface area (TPSA) is 30.1 Å². The fourth-order valence-corrected chi connectivity index (χ4v) is 10.8. The molecular weight excluding hydrogens is 803 g/mol. The molecule has 1 aliphatic rings. The van der Waals surface area contributed by atoms with Crippen LogP contribution in [0.4, 0.5) is 22.7 Å². The van der Waals surface area contributed by atoms with Crippen molar-refractivity contribution in [2.24, 2.45) is 0 Å². The molecule has 11 aromatic rings. The molecule has 0 bridgehead atoms. The molecule has 0 radical (unpaired) electrons. The molecule has 320 valence electrons. The molecule has 66 heavy (non-hydrogen) atoms. The van der Waals surface area contributed by atoms with Crippen molar-refractivity contribution >= 4 is 88.2 Å². The van der Waals surface area contributed by atoms with E-state index < -0.39 is 0 Å². The summed E-state index contributed by atoms with van der Waals surface area (Å²) in [5, 5.41) is 11.6. The molecule has 3 heterocycles. The Labute approximate surface area is 385 Å².